The maximum Gasteiger partial charge on any atom is 0.165 e. The predicted octanol–water partition coefficient (Wildman–Crippen LogP) is 6.80. The third-order valence-electron chi connectivity index (χ3n) is 6.58. The van der Waals surface area contributed by atoms with Crippen LogP contribution in [-0.2, 0) is 16.4 Å². The Morgan fingerprint density at radius 3 is 2.67 bits per heavy atom. The number of rotatable bonds is 11. The summed E-state index contributed by atoms with van der Waals surface area (Å²) in [7, 11) is -3.21. The van der Waals surface area contributed by atoms with E-state index in [0.717, 1.165) is 26.1 Å². The van der Waals surface area contributed by atoms with Gasteiger partial charge in [0.05, 0.1) is 33.6 Å². The maximum atomic E-state index is 13.5. The van der Waals surface area contributed by atoms with Crippen molar-refractivity contribution in [2.75, 3.05) is 11.1 Å². The first-order valence-corrected chi connectivity index (χ1v) is 16.5. The Hall–Kier alpha value is -3.52. The molecular formula is C29H28BrFN6O3S2. The summed E-state index contributed by atoms with van der Waals surface area (Å²) in [6.45, 7) is 5.41. The number of pyridine rings is 1. The van der Waals surface area contributed by atoms with Crippen LogP contribution in [0.15, 0.2) is 70.9 Å². The molecule has 0 saturated heterocycles. The summed E-state index contributed by atoms with van der Waals surface area (Å²) in [4.78, 5) is 18.1. The van der Waals surface area contributed by atoms with Gasteiger partial charge in [0.1, 0.15) is 40.7 Å². The molecule has 0 amide bonds. The van der Waals surface area contributed by atoms with E-state index < -0.39 is 15.2 Å². The van der Waals surface area contributed by atoms with Gasteiger partial charge in [0.25, 0.3) is 0 Å². The summed E-state index contributed by atoms with van der Waals surface area (Å²) < 4.78 is 44.4. The van der Waals surface area contributed by atoms with Gasteiger partial charge in [-0.05, 0) is 71.7 Å². The molecule has 5 aromatic rings. The zero-order valence-corrected chi connectivity index (χ0v) is 26.2. The minimum atomic E-state index is -3.21. The number of hydrogen-bond acceptors (Lipinski definition) is 10. The predicted molar refractivity (Wildman–Crippen MR) is 167 cm³/mol. The van der Waals surface area contributed by atoms with Crippen LogP contribution >= 0.6 is 27.3 Å². The normalized spacial score (nSPS) is 13.2. The lowest BCUT2D eigenvalue weighted by atomic mass is 10.2. The summed E-state index contributed by atoms with van der Waals surface area (Å²) in [5.74, 6) is 0.977. The molecule has 3 heterocycles. The number of hydrogen-bond donors (Lipinski definition) is 2. The first-order valence-electron chi connectivity index (χ1n) is 13.1. The van der Waals surface area contributed by atoms with Crippen LogP contribution in [0.1, 0.15) is 37.4 Å². The van der Waals surface area contributed by atoms with Crippen molar-refractivity contribution >= 4 is 59.5 Å². The van der Waals surface area contributed by atoms with E-state index in [0.29, 0.717) is 28.5 Å². The number of benzene rings is 2. The number of ether oxygens (including phenoxy) is 1. The standard InChI is InChI=1S/C29H28BrFN6O3S2/c1-4-42(38,39)18(3)35-17(2)29-37-26(15-41-29)24-12-22-25(13-32-24)33-16-34-28(22)36-21-8-9-27(23(30)11-21)40-14-19-6-5-7-20(31)10-19/h5-13,15-18,35H,4,14H2,1-3H3,(H,33,34,36). The average Bonchev–Trinajstić information content (AvgIpc) is 3.47. The second-order valence-corrected chi connectivity index (χ2v) is 13.9. The zero-order chi connectivity index (χ0) is 29.9. The molecule has 2 aromatic carbocycles. The molecule has 5 rings (SSSR count). The van der Waals surface area contributed by atoms with E-state index in [9.17, 15) is 12.8 Å². The second kappa shape index (κ2) is 12.8. The highest BCUT2D eigenvalue weighted by Gasteiger charge is 2.22. The number of anilines is 2. The third-order valence-corrected chi connectivity index (χ3v) is 10.2. The lowest BCUT2D eigenvalue weighted by Crippen LogP contribution is -2.36. The van der Waals surface area contributed by atoms with Crippen LogP contribution in [0.2, 0.25) is 0 Å². The van der Waals surface area contributed by atoms with Crippen molar-refractivity contribution in [1.82, 2.24) is 25.3 Å². The van der Waals surface area contributed by atoms with Gasteiger partial charge in [0.2, 0.25) is 0 Å². The molecule has 0 aliphatic rings. The van der Waals surface area contributed by atoms with Crippen LogP contribution < -0.4 is 15.4 Å². The molecule has 0 bridgehead atoms. The van der Waals surface area contributed by atoms with Crippen molar-refractivity contribution in [1.29, 1.82) is 0 Å². The number of sulfone groups is 1. The van der Waals surface area contributed by atoms with Gasteiger partial charge in [-0.15, -0.1) is 11.3 Å². The van der Waals surface area contributed by atoms with Gasteiger partial charge in [-0.2, -0.15) is 0 Å². The van der Waals surface area contributed by atoms with E-state index >= 15 is 0 Å². The Morgan fingerprint density at radius 2 is 1.90 bits per heavy atom. The van der Waals surface area contributed by atoms with Gasteiger partial charge in [0, 0.05) is 22.2 Å². The van der Waals surface area contributed by atoms with E-state index in [1.54, 1.807) is 32.2 Å². The molecule has 3 aromatic heterocycles. The Kier molecular flexibility index (Phi) is 9.11. The molecule has 0 aliphatic heterocycles. The fraction of sp³-hybridized carbons (Fsp3) is 0.241. The Labute approximate surface area is 255 Å². The highest BCUT2D eigenvalue weighted by molar-refractivity contribution is 9.10. The van der Waals surface area contributed by atoms with Gasteiger partial charge < -0.3 is 10.1 Å². The summed E-state index contributed by atoms with van der Waals surface area (Å²) >= 11 is 5.00. The van der Waals surface area contributed by atoms with Gasteiger partial charge in [-0.1, -0.05) is 19.1 Å². The first-order chi connectivity index (χ1) is 20.1. The van der Waals surface area contributed by atoms with E-state index in [-0.39, 0.29) is 24.2 Å². The minimum absolute atomic E-state index is 0.0713. The topological polar surface area (TPSA) is 119 Å². The van der Waals surface area contributed by atoms with Crippen LogP contribution in [0.3, 0.4) is 0 Å². The minimum Gasteiger partial charge on any atom is -0.488 e. The van der Waals surface area contributed by atoms with Gasteiger partial charge >= 0.3 is 0 Å². The van der Waals surface area contributed by atoms with Crippen LogP contribution in [0.5, 0.6) is 5.75 Å². The van der Waals surface area contributed by atoms with Crippen molar-refractivity contribution in [3.8, 4) is 17.1 Å². The SMILES string of the molecule is CCS(=O)(=O)C(C)NC(C)c1nc(-c2cc3c(Nc4ccc(OCc5cccc(F)c5)c(Br)c4)ncnc3cn2)cs1. The molecule has 13 heteroatoms. The van der Waals surface area contributed by atoms with Crippen LogP contribution in [0, 0.1) is 5.82 Å². The Balaban J connectivity index is 1.33. The fourth-order valence-electron chi connectivity index (χ4n) is 4.20. The molecule has 0 fully saturated rings. The number of thiazole rings is 1. The van der Waals surface area contributed by atoms with E-state index in [2.05, 4.69) is 41.5 Å². The summed E-state index contributed by atoms with van der Waals surface area (Å²) in [6, 6.07) is 13.5. The Bertz CT molecular complexity index is 1840. The summed E-state index contributed by atoms with van der Waals surface area (Å²) in [5.41, 5.74) is 3.48. The molecule has 0 aliphatic carbocycles. The van der Waals surface area contributed by atoms with Crippen molar-refractivity contribution in [3.05, 3.63) is 87.3 Å². The molecule has 9 nitrogen and oxygen atoms in total. The molecule has 2 unspecified atom stereocenters. The van der Waals surface area contributed by atoms with E-state index in [1.807, 2.05) is 36.6 Å². The highest BCUT2D eigenvalue weighted by atomic mass is 79.9. The van der Waals surface area contributed by atoms with Crippen molar-refractivity contribution in [3.63, 3.8) is 0 Å². The number of nitrogens with one attached hydrogen (secondary N) is 2. The van der Waals surface area contributed by atoms with Crippen molar-refractivity contribution in [2.45, 2.75) is 38.8 Å². The second-order valence-electron chi connectivity index (χ2n) is 9.55. The van der Waals surface area contributed by atoms with Crippen molar-refractivity contribution in [2.24, 2.45) is 0 Å². The summed E-state index contributed by atoms with van der Waals surface area (Å²) in [5, 5.41) is 9.21. The summed E-state index contributed by atoms with van der Waals surface area (Å²) in [6.07, 6.45) is 3.14. The number of nitrogens with zero attached hydrogens (tertiary/aromatic N) is 4. The van der Waals surface area contributed by atoms with Crippen LogP contribution in [0.25, 0.3) is 22.3 Å². The van der Waals surface area contributed by atoms with E-state index in [4.69, 9.17) is 9.72 Å². The molecule has 218 valence electrons. The monoisotopic (exact) mass is 670 g/mol. The van der Waals surface area contributed by atoms with E-state index in [1.165, 1.54) is 29.8 Å². The van der Waals surface area contributed by atoms with Gasteiger partial charge in [-0.3, -0.25) is 10.3 Å². The van der Waals surface area contributed by atoms with Gasteiger partial charge in [-0.25, -0.2) is 27.8 Å². The quantitative estimate of drug-likeness (QED) is 0.156. The highest BCUT2D eigenvalue weighted by Crippen LogP contribution is 2.33. The van der Waals surface area contributed by atoms with Crippen LogP contribution in [-0.4, -0.2) is 39.5 Å². The smallest absolute Gasteiger partial charge is 0.165 e. The molecule has 42 heavy (non-hydrogen) atoms. The lowest BCUT2D eigenvalue weighted by molar-refractivity contribution is 0.303. The first kappa shape index (κ1) is 30.0. The van der Waals surface area contributed by atoms with Crippen molar-refractivity contribution < 1.29 is 17.5 Å². The molecular weight excluding hydrogens is 643 g/mol. The average molecular weight is 672 g/mol. The molecule has 0 radical (unpaired) electrons. The fourth-order valence-corrected chi connectivity index (χ4v) is 6.43. The number of halogens is 2. The number of aromatic nitrogens is 4. The Morgan fingerprint density at radius 1 is 1.07 bits per heavy atom. The molecule has 0 spiro atoms. The molecule has 0 saturated carbocycles. The molecule has 2 N–H and O–H groups in total. The number of fused-ring (bicyclic) bond motifs is 1. The largest absolute Gasteiger partial charge is 0.488 e. The molecule has 2 atom stereocenters. The maximum absolute atomic E-state index is 13.5. The third kappa shape index (κ3) is 6.92. The lowest BCUT2D eigenvalue weighted by Gasteiger charge is -2.18. The van der Waals surface area contributed by atoms with Gasteiger partial charge in [0.15, 0.2) is 9.84 Å². The van der Waals surface area contributed by atoms with Crippen LogP contribution in [0.4, 0.5) is 15.9 Å². The zero-order valence-electron chi connectivity index (χ0n) is 23.0.